The predicted octanol–water partition coefficient (Wildman–Crippen LogP) is 4.03. The molecule has 3 aromatic rings. The molecule has 5 rings (SSSR count). The fourth-order valence-corrected chi connectivity index (χ4v) is 3.59. The highest BCUT2D eigenvalue weighted by Gasteiger charge is 2.24. The molecule has 0 bridgehead atoms. The molecule has 0 radical (unpaired) electrons. The van der Waals surface area contributed by atoms with Crippen LogP contribution in [0.2, 0.25) is 0 Å². The topological polar surface area (TPSA) is 75.1 Å². The van der Waals surface area contributed by atoms with Gasteiger partial charge in [0.25, 0.3) is 0 Å². The molecule has 3 heterocycles. The molecule has 2 aliphatic rings. The molecular weight excluding hydrogens is 424 g/mol. The summed E-state index contributed by atoms with van der Waals surface area (Å²) in [7, 11) is 3.30. The van der Waals surface area contributed by atoms with E-state index in [1.807, 2.05) is 48.5 Å². The second-order valence-corrected chi connectivity index (χ2v) is 8.22. The largest absolute Gasteiger partial charge is 0.493 e. The van der Waals surface area contributed by atoms with Crippen LogP contribution in [0.3, 0.4) is 0 Å². The van der Waals surface area contributed by atoms with Gasteiger partial charge in [0.1, 0.15) is 36.9 Å². The van der Waals surface area contributed by atoms with Gasteiger partial charge in [0.2, 0.25) is 0 Å². The van der Waals surface area contributed by atoms with E-state index in [1.54, 1.807) is 14.2 Å². The SMILES string of the molecule is COc1cc(Cc2ccc(Cc3ccc(OCC4CO4)c(OC)c3)o2)ccc1OCC1CO1. The number of hydrogen-bond donors (Lipinski definition) is 0. The summed E-state index contributed by atoms with van der Waals surface area (Å²) in [6, 6.07) is 15.9. The number of hydrogen-bond acceptors (Lipinski definition) is 7. The van der Waals surface area contributed by atoms with Gasteiger partial charge in [0.05, 0.1) is 27.4 Å². The van der Waals surface area contributed by atoms with Gasteiger partial charge in [-0.2, -0.15) is 0 Å². The van der Waals surface area contributed by atoms with E-state index in [9.17, 15) is 0 Å². The maximum absolute atomic E-state index is 6.10. The predicted molar refractivity (Wildman–Crippen MR) is 121 cm³/mol. The average Bonchev–Trinajstić information content (AvgIpc) is 3.77. The van der Waals surface area contributed by atoms with Crippen LogP contribution in [-0.4, -0.2) is 52.9 Å². The van der Waals surface area contributed by atoms with Crippen molar-refractivity contribution in [2.24, 2.45) is 0 Å². The van der Waals surface area contributed by atoms with Crippen LogP contribution in [-0.2, 0) is 22.3 Å². The lowest BCUT2D eigenvalue weighted by Gasteiger charge is -2.11. The second-order valence-electron chi connectivity index (χ2n) is 8.22. The van der Waals surface area contributed by atoms with Crippen LogP contribution < -0.4 is 18.9 Å². The van der Waals surface area contributed by atoms with Crippen molar-refractivity contribution in [1.82, 2.24) is 0 Å². The summed E-state index contributed by atoms with van der Waals surface area (Å²) in [4.78, 5) is 0. The Morgan fingerprint density at radius 3 is 1.52 bits per heavy atom. The van der Waals surface area contributed by atoms with E-state index in [2.05, 4.69) is 0 Å². The first-order chi connectivity index (χ1) is 16.2. The van der Waals surface area contributed by atoms with Gasteiger partial charge in [-0.3, -0.25) is 0 Å². The molecule has 7 heteroatoms. The van der Waals surface area contributed by atoms with E-state index in [0.29, 0.717) is 37.6 Å². The number of furan rings is 1. The lowest BCUT2D eigenvalue weighted by Crippen LogP contribution is -2.05. The average molecular weight is 453 g/mol. The summed E-state index contributed by atoms with van der Waals surface area (Å²) < 4.78 is 39.1. The fourth-order valence-electron chi connectivity index (χ4n) is 3.59. The maximum atomic E-state index is 6.10. The fraction of sp³-hybridized carbons (Fsp3) is 0.385. The van der Waals surface area contributed by atoms with Crippen LogP contribution in [0.15, 0.2) is 52.9 Å². The molecule has 0 N–H and O–H groups in total. The molecule has 2 atom stereocenters. The zero-order valence-electron chi connectivity index (χ0n) is 18.9. The Hall–Kier alpha value is -3.16. The third-order valence-electron chi connectivity index (χ3n) is 5.58. The molecule has 2 unspecified atom stereocenters. The molecule has 0 saturated carbocycles. The van der Waals surface area contributed by atoms with Crippen molar-refractivity contribution in [2.75, 3.05) is 40.6 Å². The van der Waals surface area contributed by atoms with Gasteiger partial charge in [-0.1, -0.05) is 12.1 Å². The third kappa shape index (κ3) is 5.80. The molecule has 174 valence electrons. The van der Waals surface area contributed by atoms with E-state index >= 15 is 0 Å². The van der Waals surface area contributed by atoms with Crippen LogP contribution >= 0.6 is 0 Å². The highest BCUT2D eigenvalue weighted by atomic mass is 16.6. The quantitative estimate of drug-likeness (QED) is 0.384. The molecular formula is C26H28O7. The highest BCUT2D eigenvalue weighted by molar-refractivity contribution is 5.45. The zero-order valence-corrected chi connectivity index (χ0v) is 18.9. The molecule has 2 aliphatic heterocycles. The summed E-state index contributed by atoms with van der Waals surface area (Å²) >= 11 is 0. The Labute approximate surface area is 193 Å². The molecule has 1 aromatic heterocycles. The monoisotopic (exact) mass is 452 g/mol. The normalized spacial score (nSPS) is 18.6. The molecule has 0 amide bonds. The molecule has 0 spiro atoms. The Balaban J connectivity index is 1.21. The number of epoxide rings is 2. The third-order valence-corrected chi connectivity index (χ3v) is 5.58. The summed E-state index contributed by atoms with van der Waals surface area (Å²) in [6.07, 6.45) is 1.75. The van der Waals surface area contributed by atoms with Crippen molar-refractivity contribution in [3.8, 4) is 23.0 Å². The van der Waals surface area contributed by atoms with E-state index < -0.39 is 0 Å². The number of methoxy groups -OCH3 is 2. The summed E-state index contributed by atoms with van der Waals surface area (Å²) in [5, 5.41) is 0. The van der Waals surface area contributed by atoms with Gasteiger partial charge in [0.15, 0.2) is 23.0 Å². The molecule has 7 nitrogen and oxygen atoms in total. The minimum absolute atomic E-state index is 0.206. The van der Waals surface area contributed by atoms with Gasteiger partial charge in [0, 0.05) is 12.8 Å². The summed E-state index contributed by atoms with van der Waals surface area (Å²) in [6.45, 7) is 2.62. The van der Waals surface area contributed by atoms with Crippen molar-refractivity contribution in [2.45, 2.75) is 25.0 Å². The Morgan fingerprint density at radius 1 is 0.667 bits per heavy atom. The maximum Gasteiger partial charge on any atom is 0.161 e. The van der Waals surface area contributed by atoms with Gasteiger partial charge in [-0.05, 0) is 47.5 Å². The van der Waals surface area contributed by atoms with E-state index in [4.69, 9.17) is 32.8 Å². The van der Waals surface area contributed by atoms with Crippen molar-refractivity contribution < 1.29 is 32.8 Å². The van der Waals surface area contributed by atoms with Crippen molar-refractivity contribution in [3.05, 3.63) is 71.2 Å². The standard InChI is InChI=1S/C26H28O7/c1-27-25-11-17(3-7-23(25)31-15-21-13-29-21)9-19-5-6-20(33-19)10-18-4-8-24(26(12-18)28-2)32-16-22-14-30-22/h3-8,11-12,21-22H,9-10,13-16H2,1-2H3. The molecule has 0 aliphatic carbocycles. The van der Waals surface area contributed by atoms with Crippen molar-refractivity contribution in [3.63, 3.8) is 0 Å². The Kier molecular flexibility index (Phi) is 6.41. The van der Waals surface area contributed by atoms with Crippen LogP contribution in [0.4, 0.5) is 0 Å². The smallest absolute Gasteiger partial charge is 0.161 e. The van der Waals surface area contributed by atoms with Gasteiger partial charge in [-0.25, -0.2) is 0 Å². The number of rotatable bonds is 12. The van der Waals surface area contributed by atoms with Crippen LogP contribution in [0, 0.1) is 0 Å². The first-order valence-electron chi connectivity index (χ1n) is 11.1. The molecule has 2 fully saturated rings. The van der Waals surface area contributed by atoms with Crippen LogP contribution in [0.5, 0.6) is 23.0 Å². The van der Waals surface area contributed by atoms with E-state index in [1.165, 1.54) is 0 Å². The lowest BCUT2D eigenvalue weighted by molar-refractivity contribution is 0.252. The Morgan fingerprint density at radius 2 is 1.12 bits per heavy atom. The first kappa shape index (κ1) is 21.7. The van der Waals surface area contributed by atoms with E-state index in [0.717, 1.165) is 47.4 Å². The molecule has 33 heavy (non-hydrogen) atoms. The minimum Gasteiger partial charge on any atom is -0.493 e. The second kappa shape index (κ2) is 9.77. The van der Waals surface area contributed by atoms with Gasteiger partial charge < -0.3 is 32.8 Å². The Bertz CT molecular complexity index is 998. The number of ether oxygens (including phenoxy) is 6. The van der Waals surface area contributed by atoms with Crippen LogP contribution in [0.25, 0.3) is 0 Å². The van der Waals surface area contributed by atoms with Crippen LogP contribution in [0.1, 0.15) is 22.6 Å². The lowest BCUT2D eigenvalue weighted by atomic mass is 10.1. The molecule has 2 saturated heterocycles. The first-order valence-corrected chi connectivity index (χ1v) is 11.1. The zero-order chi connectivity index (χ0) is 22.6. The van der Waals surface area contributed by atoms with Crippen molar-refractivity contribution in [1.29, 1.82) is 0 Å². The number of benzene rings is 2. The van der Waals surface area contributed by atoms with Gasteiger partial charge >= 0.3 is 0 Å². The minimum atomic E-state index is 0.206. The van der Waals surface area contributed by atoms with Gasteiger partial charge in [-0.15, -0.1) is 0 Å². The highest BCUT2D eigenvalue weighted by Crippen LogP contribution is 2.32. The summed E-state index contributed by atoms with van der Waals surface area (Å²) in [5.41, 5.74) is 2.18. The molecule has 2 aromatic carbocycles. The van der Waals surface area contributed by atoms with Crippen molar-refractivity contribution >= 4 is 0 Å². The van der Waals surface area contributed by atoms with E-state index in [-0.39, 0.29) is 12.2 Å². The summed E-state index contributed by atoms with van der Waals surface area (Å²) in [5.74, 6) is 4.66.